The lowest BCUT2D eigenvalue weighted by atomic mass is 10.0. The summed E-state index contributed by atoms with van der Waals surface area (Å²) < 4.78 is -0.709. The van der Waals surface area contributed by atoms with Crippen LogP contribution in [0.25, 0.3) is 0 Å². The maximum atomic E-state index is 12.4. The third-order valence-corrected chi connectivity index (χ3v) is 5.03. The maximum absolute atomic E-state index is 12.4. The van der Waals surface area contributed by atoms with E-state index in [0.717, 1.165) is 11.1 Å². The molecule has 1 aromatic carbocycles. The van der Waals surface area contributed by atoms with Crippen molar-refractivity contribution < 1.29 is 4.79 Å². The van der Waals surface area contributed by atoms with Gasteiger partial charge in [-0.1, -0.05) is 29.4 Å². The number of halogens is 1. The summed E-state index contributed by atoms with van der Waals surface area (Å²) in [6, 6.07) is 9.32. The molecule has 0 spiro atoms. The summed E-state index contributed by atoms with van der Waals surface area (Å²) in [4.78, 5) is 20.8. The highest BCUT2D eigenvalue weighted by molar-refractivity contribution is 8.15. The van der Waals surface area contributed by atoms with E-state index >= 15 is 0 Å². The van der Waals surface area contributed by atoms with Gasteiger partial charge in [0.15, 0.2) is 5.17 Å². The number of pyridine rings is 1. The molecule has 0 bridgehead atoms. The highest BCUT2D eigenvalue weighted by atomic mass is 35.5. The van der Waals surface area contributed by atoms with Crippen molar-refractivity contribution in [3.05, 3.63) is 58.9 Å². The Morgan fingerprint density at radius 1 is 1.27 bits per heavy atom. The highest BCUT2D eigenvalue weighted by Gasteiger charge is 2.44. The molecule has 22 heavy (non-hydrogen) atoms. The first-order valence-corrected chi connectivity index (χ1v) is 7.94. The lowest BCUT2D eigenvalue weighted by Crippen LogP contribution is -2.31. The van der Waals surface area contributed by atoms with Crippen molar-refractivity contribution >= 4 is 40.1 Å². The molecule has 3 rings (SSSR count). The van der Waals surface area contributed by atoms with Crippen molar-refractivity contribution in [2.45, 2.75) is 18.6 Å². The molecular weight excluding hydrogens is 318 g/mol. The largest absolute Gasteiger partial charge is 0.304 e. The Morgan fingerprint density at radius 2 is 2.00 bits per heavy atom. The summed E-state index contributed by atoms with van der Waals surface area (Å²) >= 11 is 7.58. The molecule has 0 radical (unpaired) electrons. The minimum absolute atomic E-state index is 0.0920. The van der Waals surface area contributed by atoms with E-state index in [4.69, 9.17) is 11.6 Å². The van der Waals surface area contributed by atoms with E-state index in [1.165, 1.54) is 11.8 Å². The first-order valence-electron chi connectivity index (χ1n) is 6.75. The number of rotatable bonds is 2. The molecule has 0 saturated carbocycles. The number of carbonyl (C=O) groups is 1. The molecule has 1 amide bonds. The van der Waals surface area contributed by atoms with E-state index in [2.05, 4.69) is 15.3 Å². The molecule has 1 fully saturated rings. The Balaban J connectivity index is 1.93. The minimum atomic E-state index is -0.709. The monoisotopic (exact) mass is 331 g/mol. The van der Waals surface area contributed by atoms with E-state index in [1.807, 2.05) is 44.2 Å². The first kappa shape index (κ1) is 15.1. The molecule has 1 atom stereocenters. The van der Waals surface area contributed by atoms with Gasteiger partial charge in [0.05, 0.1) is 10.7 Å². The number of hydrogen-bond donors (Lipinski definition) is 1. The van der Waals surface area contributed by atoms with E-state index in [9.17, 15) is 4.79 Å². The van der Waals surface area contributed by atoms with Gasteiger partial charge in [0.2, 0.25) is 5.91 Å². The zero-order chi connectivity index (χ0) is 15.7. The van der Waals surface area contributed by atoms with Crippen molar-refractivity contribution in [1.82, 2.24) is 10.3 Å². The highest BCUT2D eigenvalue weighted by Crippen LogP contribution is 2.42. The van der Waals surface area contributed by atoms with Crippen LogP contribution in [0, 0.1) is 6.92 Å². The van der Waals surface area contributed by atoms with Gasteiger partial charge in [0.25, 0.3) is 0 Å². The number of aliphatic imine (C=N–C) groups is 1. The second-order valence-corrected chi connectivity index (χ2v) is 7.01. The number of aromatic nitrogens is 1. The predicted octanol–water partition coefficient (Wildman–Crippen LogP) is 3.81. The maximum Gasteiger partial charge on any atom is 0.246 e. The summed E-state index contributed by atoms with van der Waals surface area (Å²) in [7, 11) is 0. The van der Waals surface area contributed by atoms with E-state index in [0.29, 0.717) is 15.9 Å². The second-order valence-electron chi connectivity index (χ2n) is 5.20. The number of amidine groups is 1. The van der Waals surface area contributed by atoms with Crippen LogP contribution in [0.1, 0.15) is 18.1 Å². The standard InChI is InChI=1S/C16H14ClN3OS/c1-10-3-4-13(12(17)9-10)19-15-20-14(21)16(2,22-15)11-5-7-18-8-6-11/h3-9H,1-2H3,(H,19,20,21)/t16-/m0/s1. The van der Waals surface area contributed by atoms with E-state index in [1.54, 1.807) is 12.4 Å². The average Bonchev–Trinajstić information content (AvgIpc) is 2.79. The van der Waals surface area contributed by atoms with Crippen molar-refractivity contribution in [2.75, 3.05) is 0 Å². The number of hydrogen-bond acceptors (Lipinski definition) is 4. The zero-order valence-electron chi connectivity index (χ0n) is 12.1. The molecule has 1 N–H and O–H groups in total. The topological polar surface area (TPSA) is 54.4 Å². The zero-order valence-corrected chi connectivity index (χ0v) is 13.7. The summed E-state index contributed by atoms with van der Waals surface area (Å²) in [5.74, 6) is -0.0920. The summed E-state index contributed by atoms with van der Waals surface area (Å²) in [5.41, 5.74) is 2.61. The van der Waals surface area contributed by atoms with Crippen LogP contribution in [0.4, 0.5) is 5.69 Å². The van der Waals surface area contributed by atoms with Crippen LogP contribution in [0.5, 0.6) is 0 Å². The van der Waals surface area contributed by atoms with Crippen LogP contribution >= 0.6 is 23.4 Å². The fraction of sp³-hybridized carbons (Fsp3) is 0.188. The molecule has 2 aromatic rings. The molecule has 1 aliphatic heterocycles. The summed E-state index contributed by atoms with van der Waals surface area (Å²) in [5, 5.41) is 3.95. The fourth-order valence-corrected chi connectivity index (χ4v) is 3.55. The Labute approximate surface area is 138 Å². The van der Waals surface area contributed by atoms with Crippen molar-refractivity contribution in [2.24, 2.45) is 4.99 Å². The second kappa shape index (κ2) is 5.74. The quantitative estimate of drug-likeness (QED) is 0.910. The minimum Gasteiger partial charge on any atom is -0.304 e. The van der Waals surface area contributed by atoms with Crippen LogP contribution in [-0.4, -0.2) is 16.1 Å². The molecule has 1 aromatic heterocycles. The molecule has 0 aliphatic carbocycles. The van der Waals surface area contributed by atoms with Gasteiger partial charge in [-0.25, -0.2) is 4.99 Å². The Bertz CT molecular complexity index is 763. The molecule has 112 valence electrons. The van der Waals surface area contributed by atoms with Gasteiger partial charge in [-0.2, -0.15) is 0 Å². The Morgan fingerprint density at radius 3 is 2.68 bits per heavy atom. The number of carbonyl (C=O) groups excluding carboxylic acids is 1. The van der Waals surface area contributed by atoms with Gasteiger partial charge in [-0.05, 0) is 49.2 Å². The van der Waals surface area contributed by atoms with Crippen LogP contribution < -0.4 is 5.32 Å². The predicted molar refractivity (Wildman–Crippen MR) is 90.6 cm³/mol. The van der Waals surface area contributed by atoms with Crippen molar-refractivity contribution in [1.29, 1.82) is 0 Å². The molecular formula is C16H14ClN3OS. The molecule has 4 nitrogen and oxygen atoms in total. The molecule has 2 heterocycles. The van der Waals surface area contributed by atoms with Gasteiger partial charge in [-0.15, -0.1) is 0 Å². The normalized spacial score (nSPS) is 22.9. The lowest BCUT2D eigenvalue weighted by molar-refractivity contribution is -0.121. The smallest absolute Gasteiger partial charge is 0.246 e. The van der Waals surface area contributed by atoms with E-state index < -0.39 is 4.75 Å². The van der Waals surface area contributed by atoms with Crippen LogP contribution in [-0.2, 0) is 9.54 Å². The number of thioether (sulfide) groups is 1. The number of aryl methyl sites for hydroxylation is 1. The molecule has 1 aliphatic rings. The van der Waals surface area contributed by atoms with Gasteiger partial charge >= 0.3 is 0 Å². The number of nitrogens with zero attached hydrogens (tertiary/aromatic N) is 2. The Hall–Kier alpha value is -1.85. The number of nitrogens with one attached hydrogen (secondary N) is 1. The summed E-state index contributed by atoms with van der Waals surface area (Å²) in [6.45, 7) is 3.84. The van der Waals surface area contributed by atoms with Crippen molar-refractivity contribution in [3.63, 3.8) is 0 Å². The molecule has 1 saturated heterocycles. The van der Waals surface area contributed by atoms with Crippen LogP contribution in [0.2, 0.25) is 5.02 Å². The van der Waals surface area contributed by atoms with Gasteiger partial charge in [0, 0.05) is 12.4 Å². The third-order valence-electron chi connectivity index (χ3n) is 3.51. The fourth-order valence-electron chi connectivity index (χ4n) is 2.20. The lowest BCUT2D eigenvalue weighted by Gasteiger charge is -2.18. The van der Waals surface area contributed by atoms with Gasteiger partial charge in [0.1, 0.15) is 4.75 Å². The Kier molecular flexibility index (Phi) is 3.93. The van der Waals surface area contributed by atoms with Crippen LogP contribution in [0.15, 0.2) is 47.7 Å². The first-order chi connectivity index (χ1) is 10.5. The van der Waals surface area contributed by atoms with Crippen molar-refractivity contribution in [3.8, 4) is 0 Å². The molecule has 6 heteroatoms. The summed E-state index contributed by atoms with van der Waals surface area (Å²) in [6.07, 6.45) is 3.36. The van der Waals surface area contributed by atoms with E-state index in [-0.39, 0.29) is 5.91 Å². The molecule has 0 unspecified atom stereocenters. The van der Waals surface area contributed by atoms with Crippen LogP contribution in [0.3, 0.4) is 0 Å². The van der Waals surface area contributed by atoms with Gasteiger partial charge < -0.3 is 5.32 Å². The number of amides is 1. The number of benzene rings is 1. The van der Waals surface area contributed by atoms with Gasteiger partial charge in [-0.3, -0.25) is 9.78 Å². The third kappa shape index (κ3) is 2.74. The SMILES string of the molecule is Cc1ccc(N=C2NC(=O)[C@](C)(c3ccncc3)S2)c(Cl)c1. The average molecular weight is 332 g/mol.